The van der Waals surface area contributed by atoms with E-state index >= 15 is 0 Å². The summed E-state index contributed by atoms with van der Waals surface area (Å²) < 4.78 is 0. The van der Waals surface area contributed by atoms with E-state index in [2.05, 4.69) is 23.2 Å². The van der Waals surface area contributed by atoms with E-state index in [-0.39, 0.29) is 5.41 Å². The molecule has 1 aliphatic rings. The second-order valence-electron chi connectivity index (χ2n) is 6.19. The van der Waals surface area contributed by atoms with Gasteiger partial charge in [0.25, 0.3) is 0 Å². The molecule has 3 nitrogen and oxygen atoms in total. The molecule has 1 rings (SSSR count). The van der Waals surface area contributed by atoms with Crippen LogP contribution in [0.3, 0.4) is 0 Å². The van der Waals surface area contributed by atoms with Crippen LogP contribution in [0.5, 0.6) is 0 Å². The van der Waals surface area contributed by atoms with Gasteiger partial charge in [-0.1, -0.05) is 13.3 Å². The fourth-order valence-electron chi connectivity index (χ4n) is 2.50. The molecular weight excluding hydrogens is 222 g/mol. The van der Waals surface area contributed by atoms with Crippen LogP contribution in [0, 0.1) is 16.7 Å². The van der Waals surface area contributed by atoms with Gasteiger partial charge in [0.15, 0.2) is 0 Å². The standard InChI is InChI=1S/C15H29N3/c1-4-10-18(11-8-15(2,3)13-16)12-14-7-5-6-9-17-14/h14,17H,4-12H2,1-3H3. The van der Waals surface area contributed by atoms with Crippen LogP contribution in [-0.4, -0.2) is 37.1 Å². The van der Waals surface area contributed by atoms with E-state index < -0.39 is 0 Å². The second kappa shape index (κ2) is 7.76. The zero-order chi connectivity index (χ0) is 13.4. The van der Waals surface area contributed by atoms with E-state index in [0.717, 1.165) is 26.1 Å². The molecule has 3 heteroatoms. The molecule has 18 heavy (non-hydrogen) atoms. The predicted octanol–water partition coefficient (Wildman–Crippen LogP) is 2.78. The van der Waals surface area contributed by atoms with Gasteiger partial charge >= 0.3 is 0 Å². The Bertz CT molecular complexity index is 261. The third kappa shape index (κ3) is 5.84. The van der Waals surface area contributed by atoms with Crippen LogP contribution in [0.25, 0.3) is 0 Å². The van der Waals surface area contributed by atoms with Crippen LogP contribution in [-0.2, 0) is 0 Å². The maximum Gasteiger partial charge on any atom is 0.0684 e. The topological polar surface area (TPSA) is 39.1 Å². The third-order valence-corrected chi connectivity index (χ3v) is 3.79. The summed E-state index contributed by atoms with van der Waals surface area (Å²) in [6.07, 6.45) is 6.16. The maximum atomic E-state index is 9.08. The van der Waals surface area contributed by atoms with Gasteiger partial charge in [-0.25, -0.2) is 0 Å². The van der Waals surface area contributed by atoms with Gasteiger partial charge in [0, 0.05) is 12.6 Å². The minimum absolute atomic E-state index is 0.189. The van der Waals surface area contributed by atoms with Gasteiger partial charge in [-0.3, -0.25) is 0 Å². The molecule has 1 atom stereocenters. The molecule has 0 aliphatic carbocycles. The number of nitriles is 1. The van der Waals surface area contributed by atoms with Crippen molar-refractivity contribution in [1.82, 2.24) is 10.2 Å². The fraction of sp³-hybridized carbons (Fsp3) is 0.933. The van der Waals surface area contributed by atoms with Gasteiger partial charge in [-0.15, -0.1) is 0 Å². The number of rotatable bonds is 7. The number of hydrogen-bond donors (Lipinski definition) is 1. The Morgan fingerprint density at radius 2 is 2.11 bits per heavy atom. The lowest BCUT2D eigenvalue weighted by atomic mass is 9.91. The largest absolute Gasteiger partial charge is 0.313 e. The first-order chi connectivity index (χ1) is 8.57. The third-order valence-electron chi connectivity index (χ3n) is 3.79. The highest BCUT2D eigenvalue weighted by molar-refractivity contribution is 4.92. The molecule has 1 heterocycles. The van der Waals surface area contributed by atoms with Crippen molar-refractivity contribution in [3.05, 3.63) is 0 Å². The Morgan fingerprint density at radius 1 is 1.33 bits per heavy atom. The first-order valence-corrected chi connectivity index (χ1v) is 7.44. The van der Waals surface area contributed by atoms with Crippen molar-refractivity contribution in [3.63, 3.8) is 0 Å². The Labute approximate surface area is 113 Å². The maximum absolute atomic E-state index is 9.08. The van der Waals surface area contributed by atoms with Gasteiger partial charge < -0.3 is 10.2 Å². The van der Waals surface area contributed by atoms with E-state index in [1.807, 2.05) is 13.8 Å². The quantitative estimate of drug-likeness (QED) is 0.756. The highest BCUT2D eigenvalue weighted by Crippen LogP contribution is 2.19. The molecule has 1 aliphatic heterocycles. The van der Waals surface area contributed by atoms with Crippen molar-refractivity contribution in [2.75, 3.05) is 26.2 Å². The average Bonchev–Trinajstić information content (AvgIpc) is 2.38. The number of hydrogen-bond acceptors (Lipinski definition) is 3. The summed E-state index contributed by atoms with van der Waals surface area (Å²) >= 11 is 0. The van der Waals surface area contributed by atoms with Crippen LogP contribution in [0.2, 0.25) is 0 Å². The minimum atomic E-state index is -0.189. The zero-order valence-corrected chi connectivity index (χ0v) is 12.3. The number of nitrogens with zero attached hydrogens (tertiary/aromatic N) is 2. The lowest BCUT2D eigenvalue weighted by molar-refractivity contribution is 0.205. The van der Waals surface area contributed by atoms with Gasteiger partial charge in [-0.2, -0.15) is 5.26 Å². The van der Waals surface area contributed by atoms with Crippen molar-refractivity contribution >= 4 is 0 Å². The van der Waals surface area contributed by atoms with Gasteiger partial charge in [0.05, 0.1) is 11.5 Å². The van der Waals surface area contributed by atoms with Crippen molar-refractivity contribution < 1.29 is 0 Å². The first kappa shape index (κ1) is 15.5. The van der Waals surface area contributed by atoms with Crippen LogP contribution >= 0.6 is 0 Å². The molecule has 1 saturated heterocycles. The van der Waals surface area contributed by atoms with Crippen LogP contribution < -0.4 is 5.32 Å². The molecule has 0 radical (unpaired) electrons. The van der Waals surface area contributed by atoms with Crippen molar-refractivity contribution in [1.29, 1.82) is 5.26 Å². The summed E-state index contributed by atoms with van der Waals surface area (Å²) in [4.78, 5) is 2.53. The van der Waals surface area contributed by atoms with Gasteiger partial charge in [-0.05, 0) is 59.2 Å². The summed E-state index contributed by atoms with van der Waals surface area (Å²) in [7, 11) is 0. The van der Waals surface area contributed by atoms with E-state index in [1.165, 1.54) is 32.2 Å². The minimum Gasteiger partial charge on any atom is -0.313 e. The van der Waals surface area contributed by atoms with E-state index in [0.29, 0.717) is 6.04 Å². The molecule has 0 bridgehead atoms. The SMILES string of the molecule is CCCN(CCC(C)(C)C#N)CC1CCCCN1. The van der Waals surface area contributed by atoms with Crippen molar-refractivity contribution in [3.8, 4) is 6.07 Å². The van der Waals surface area contributed by atoms with E-state index in [4.69, 9.17) is 5.26 Å². The normalized spacial score (nSPS) is 20.9. The number of piperidine rings is 1. The van der Waals surface area contributed by atoms with Gasteiger partial charge in [0.1, 0.15) is 0 Å². The van der Waals surface area contributed by atoms with Crippen molar-refractivity contribution in [2.24, 2.45) is 5.41 Å². The molecule has 1 fully saturated rings. The van der Waals surface area contributed by atoms with Crippen LogP contribution in [0.15, 0.2) is 0 Å². The zero-order valence-electron chi connectivity index (χ0n) is 12.3. The van der Waals surface area contributed by atoms with Gasteiger partial charge in [0.2, 0.25) is 0 Å². The predicted molar refractivity (Wildman–Crippen MR) is 76.4 cm³/mol. The molecule has 1 unspecified atom stereocenters. The molecule has 0 aromatic heterocycles. The van der Waals surface area contributed by atoms with E-state index in [9.17, 15) is 0 Å². The molecular formula is C15H29N3. The average molecular weight is 251 g/mol. The summed E-state index contributed by atoms with van der Waals surface area (Å²) in [6.45, 7) is 10.8. The molecule has 104 valence electrons. The Balaban J connectivity index is 2.36. The molecule has 0 aromatic carbocycles. The highest BCUT2D eigenvalue weighted by Gasteiger charge is 2.20. The van der Waals surface area contributed by atoms with Crippen LogP contribution in [0.4, 0.5) is 0 Å². The highest BCUT2D eigenvalue weighted by atomic mass is 15.1. The lowest BCUT2D eigenvalue weighted by Crippen LogP contribution is -2.44. The first-order valence-electron chi connectivity index (χ1n) is 7.44. The van der Waals surface area contributed by atoms with E-state index in [1.54, 1.807) is 0 Å². The summed E-state index contributed by atoms with van der Waals surface area (Å²) in [5.41, 5.74) is -0.189. The van der Waals surface area contributed by atoms with Crippen LogP contribution in [0.1, 0.15) is 52.9 Å². The fourth-order valence-corrected chi connectivity index (χ4v) is 2.50. The Hall–Kier alpha value is -0.590. The summed E-state index contributed by atoms with van der Waals surface area (Å²) in [5.74, 6) is 0. The smallest absolute Gasteiger partial charge is 0.0684 e. The Morgan fingerprint density at radius 3 is 2.67 bits per heavy atom. The molecule has 0 saturated carbocycles. The Kier molecular flexibility index (Phi) is 6.67. The molecule has 0 amide bonds. The second-order valence-corrected chi connectivity index (χ2v) is 6.19. The van der Waals surface area contributed by atoms with Crippen molar-refractivity contribution in [2.45, 2.75) is 58.9 Å². The lowest BCUT2D eigenvalue weighted by Gasteiger charge is -2.31. The molecule has 0 aromatic rings. The monoisotopic (exact) mass is 251 g/mol. The molecule has 0 spiro atoms. The summed E-state index contributed by atoms with van der Waals surface area (Å²) in [5, 5.41) is 12.7. The summed E-state index contributed by atoms with van der Waals surface area (Å²) in [6, 6.07) is 3.06. The molecule has 1 N–H and O–H groups in total. The number of nitrogens with one attached hydrogen (secondary N) is 1.